The van der Waals surface area contributed by atoms with Gasteiger partial charge < -0.3 is 4.42 Å². The van der Waals surface area contributed by atoms with Gasteiger partial charge in [-0.2, -0.15) is 0 Å². The van der Waals surface area contributed by atoms with Gasteiger partial charge in [0.05, 0.1) is 4.88 Å². The Morgan fingerprint density at radius 3 is 2.59 bits per heavy atom. The van der Waals surface area contributed by atoms with Gasteiger partial charge in [-0.15, -0.1) is 11.3 Å². The molecule has 146 valence electrons. The molecule has 0 fully saturated rings. The minimum absolute atomic E-state index is 0.123. The summed E-state index contributed by atoms with van der Waals surface area (Å²) in [6, 6.07) is 16.8. The molecule has 4 rings (SSSR count). The van der Waals surface area contributed by atoms with Gasteiger partial charge in [-0.1, -0.05) is 24.3 Å². The molecule has 2 heterocycles. The second-order valence-electron chi connectivity index (χ2n) is 6.25. The van der Waals surface area contributed by atoms with Crippen molar-refractivity contribution in [3.63, 3.8) is 0 Å². The topological polar surface area (TPSA) is 84.2 Å². The molecule has 2 amide bonds. The van der Waals surface area contributed by atoms with Crippen molar-refractivity contribution in [3.05, 3.63) is 77.2 Å². The van der Waals surface area contributed by atoms with Crippen molar-refractivity contribution in [2.75, 3.05) is 0 Å². The third-order valence-electron chi connectivity index (χ3n) is 4.18. The van der Waals surface area contributed by atoms with Crippen LogP contribution in [0.25, 0.3) is 21.5 Å². The largest absolute Gasteiger partial charge is 0.441 e. The molecule has 2 aromatic carbocycles. The van der Waals surface area contributed by atoms with Crippen molar-refractivity contribution in [1.29, 1.82) is 0 Å². The molecule has 0 saturated carbocycles. The first-order valence-electron chi connectivity index (χ1n) is 8.88. The van der Waals surface area contributed by atoms with Crippen molar-refractivity contribution in [2.45, 2.75) is 12.8 Å². The highest BCUT2D eigenvalue weighted by Crippen LogP contribution is 2.28. The average Bonchev–Trinajstić information content (AvgIpc) is 3.38. The monoisotopic (exact) mass is 409 g/mol. The number of fused-ring (bicyclic) bond motifs is 1. The molecule has 0 bridgehead atoms. The molecule has 0 aliphatic carbocycles. The van der Waals surface area contributed by atoms with Gasteiger partial charge in [-0.05, 0) is 42.0 Å². The predicted octanol–water partition coefficient (Wildman–Crippen LogP) is 4.09. The fraction of sp³-hybridized carbons (Fsp3) is 0.0952. The number of hydrogen-bond acceptors (Lipinski definition) is 5. The zero-order valence-corrected chi connectivity index (χ0v) is 16.0. The molecule has 0 saturated heterocycles. The standard InChI is InChI=1S/C21H16FN3O3S/c22-14-7-5-13(6-8-14)17-9-10-18(29-17)21(27)25-24-19(26)11-12-20-23-15-3-1-2-4-16(15)28-20/h1-10H,11-12H2,(H,24,26)(H,25,27). The summed E-state index contributed by atoms with van der Waals surface area (Å²) in [6.45, 7) is 0. The normalized spacial score (nSPS) is 10.8. The summed E-state index contributed by atoms with van der Waals surface area (Å²) in [5, 5.41) is 0. The van der Waals surface area contributed by atoms with Gasteiger partial charge in [0.2, 0.25) is 5.91 Å². The molecule has 0 aliphatic heterocycles. The quantitative estimate of drug-likeness (QED) is 0.486. The molecule has 0 radical (unpaired) electrons. The van der Waals surface area contributed by atoms with Crippen LogP contribution in [0.2, 0.25) is 0 Å². The van der Waals surface area contributed by atoms with E-state index in [1.807, 2.05) is 24.3 Å². The Labute approximate surface area is 169 Å². The van der Waals surface area contributed by atoms with Crippen LogP contribution < -0.4 is 10.9 Å². The number of nitrogens with zero attached hydrogens (tertiary/aromatic N) is 1. The summed E-state index contributed by atoms with van der Waals surface area (Å²) in [4.78, 5) is 29.8. The lowest BCUT2D eigenvalue weighted by Gasteiger charge is -2.05. The Balaban J connectivity index is 1.29. The van der Waals surface area contributed by atoms with E-state index in [0.717, 1.165) is 16.0 Å². The van der Waals surface area contributed by atoms with Crippen molar-refractivity contribution in [3.8, 4) is 10.4 Å². The van der Waals surface area contributed by atoms with E-state index in [-0.39, 0.29) is 18.1 Å². The minimum Gasteiger partial charge on any atom is -0.441 e. The van der Waals surface area contributed by atoms with Gasteiger partial charge in [0.25, 0.3) is 5.91 Å². The van der Waals surface area contributed by atoms with E-state index in [1.54, 1.807) is 24.3 Å². The number of hydrazine groups is 1. The molecule has 6 nitrogen and oxygen atoms in total. The molecule has 8 heteroatoms. The van der Waals surface area contributed by atoms with E-state index < -0.39 is 5.91 Å². The lowest BCUT2D eigenvalue weighted by molar-refractivity contribution is -0.121. The SMILES string of the molecule is O=C(CCc1nc2ccccc2o1)NNC(=O)c1ccc(-c2ccc(F)cc2)s1. The first-order chi connectivity index (χ1) is 14.1. The number of halogens is 1. The minimum atomic E-state index is -0.418. The van der Waals surface area contributed by atoms with E-state index in [2.05, 4.69) is 15.8 Å². The lowest BCUT2D eigenvalue weighted by Crippen LogP contribution is -2.41. The van der Waals surface area contributed by atoms with Crippen LogP contribution in [-0.4, -0.2) is 16.8 Å². The van der Waals surface area contributed by atoms with Crippen molar-refractivity contribution >= 4 is 34.3 Å². The van der Waals surface area contributed by atoms with Gasteiger partial charge >= 0.3 is 0 Å². The number of carbonyl (C=O) groups excluding carboxylic acids is 2. The van der Waals surface area contributed by atoms with Crippen LogP contribution in [0.1, 0.15) is 22.0 Å². The maximum Gasteiger partial charge on any atom is 0.279 e. The number of amides is 2. The first kappa shape index (κ1) is 18.8. The molecular formula is C21H16FN3O3S. The highest BCUT2D eigenvalue weighted by molar-refractivity contribution is 7.17. The van der Waals surface area contributed by atoms with E-state index >= 15 is 0 Å². The first-order valence-corrected chi connectivity index (χ1v) is 9.69. The number of aromatic nitrogens is 1. The summed E-state index contributed by atoms with van der Waals surface area (Å²) >= 11 is 1.25. The number of thiophene rings is 1. The van der Waals surface area contributed by atoms with Crippen LogP contribution >= 0.6 is 11.3 Å². The predicted molar refractivity (Wildman–Crippen MR) is 108 cm³/mol. The summed E-state index contributed by atoms with van der Waals surface area (Å²) in [6.07, 6.45) is 0.447. The van der Waals surface area contributed by atoms with E-state index in [1.165, 1.54) is 23.5 Å². The number of nitrogens with one attached hydrogen (secondary N) is 2. The lowest BCUT2D eigenvalue weighted by atomic mass is 10.2. The molecule has 2 aromatic heterocycles. The highest BCUT2D eigenvalue weighted by atomic mass is 32.1. The number of para-hydroxylation sites is 2. The molecule has 2 N–H and O–H groups in total. The smallest absolute Gasteiger partial charge is 0.279 e. The van der Waals surface area contributed by atoms with Crippen LogP contribution in [-0.2, 0) is 11.2 Å². The van der Waals surface area contributed by atoms with E-state index in [4.69, 9.17) is 4.42 Å². The number of aryl methyl sites for hydroxylation is 1. The fourth-order valence-electron chi connectivity index (χ4n) is 2.73. The number of carbonyl (C=O) groups is 2. The third-order valence-corrected chi connectivity index (χ3v) is 5.31. The summed E-state index contributed by atoms with van der Waals surface area (Å²) in [5.41, 5.74) is 7.02. The second-order valence-corrected chi connectivity index (χ2v) is 7.33. The summed E-state index contributed by atoms with van der Waals surface area (Å²) in [5.74, 6) is -0.617. The molecule has 0 spiro atoms. The Hall–Kier alpha value is -3.52. The zero-order valence-electron chi connectivity index (χ0n) is 15.1. The van der Waals surface area contributed by atoms with E-state index in [9.17, 15) is 14.0 Å². The van der Waals surface area contributed by atoms with Crippen LogP contribution in [0.15, 0.2) is 65.1 Å². The molecule has 0 aliphatic rings. The van der Waals surface area contributed by atoms with Crippen LogP contribution in [0.4, 0.5) is 4.39 Å². The molecular weight excluding hydrogens is 393 g/mol. The molecule has 0 atom stereocenters. The van der Waals surface area contributed by atoms with E-state index in [0.29, 0.717) is 22.8 Å². The van der Waals surface area contributed by atoms with Crippen LogP contribution in [0.3, 0.4) is 0 Å². The highest BCUT2D eigenvalue weighted by Gasteiger charge is 2.13. The number of hydrogen-bond donors (Lipinski definition) is 2. The number of rotatable bonds is 5. The van der Waals surface area contributed by atoms with Gasteiger partial charge in [0.15, 0.2) is 11.5 Å². The maximum atomic E-state index is 13.0. The van der Waals surface area contributed by atoms with Crippen molar-refractivity contribution < 1.29 is 18.4 Å². The molecule has 0 unspecified atom stereocenters. The average molecular weight is 409 g/mol. The van der Waals surface area contributed by atoms with Crippen LogP contribution in [0, 0.1) is 5.82 Å². The fourth-order valence-corrected chi connectivity index (χ4v) is 3.63. The Morgan fingerprint density at radius 2 is 1.79 bits per heavy atom. The Bertz CT molecular complexity index is 1130. The summed E-state index contributed by atoms with van der Waals surface area (Å²) in [7, 11) is 0. The summed E-state index contributed by atoms with van der Waals surface area (Å²) < 4.78 is 18.6. The van der Waals surface area contributed by atoms with Crippen molar-refractivity contribution in [2.24, 2.45) is 0 Å². The maximum absolute atomic E-state index is 13.0. The van der Waals surface area contributed by atoms with Gasteiger partial charge in [0, 0.05) is 17.7 Å². The van der Waals surface area contributed by atoms with Gasteiger partial charge in [-0.25, -0.2) is 9.37 Å². The van der Waals surface area contributed by atoms with Crippen molar-refractivity contribution in [1.82, 2.24) is 15.8 Å². The van der Waals surface area contributed by atoms with Gasteiger partial charge in [0.1, 0.15) is 11.3 Å². The second kappa shape index (κ2) is 8.24. The molecule has 29 heavy (non-hydrogen) atoms. The number of benzene rings is 2. The molecule has 4 aromatic rings. The Morgan fingerprint density at radius 1 is 1.00 bits per heavy atom. The van der Waals surface area contributed by atoms with Crippen LogP contribution in [0.5, 0.6) is 0 Å². The Kier molecular flexibility index (Phi) is 5.35. The zero-order chi connectivity index (χ0) is 20.2. The third kappa shape index (κ3) is 4.49. The van der Waals surface area contributed by atoms with Gasteiger partial charge in [-0.3, -0.25) is 20.4 Å². The number of oxazole rings is 1.